The lowest BCUT2D eigenvalue weighted by Gasteiger charge is -2.30. The summed E-state index contributed by atoms with van der Waals surface area (Å²) >= 11 is 0. The third-order valence-corrected chi connectivity index (χ3v) is 3.19. The van der Waals surface area contributed by atoms with Gasteiger partial charge in [0.25, 0.3) is 0 Å². The highest BCUT2D eigenvalue weighted by Gasteiger charge is 2.28. The van der Waals surface area contributed by atoms with Crippen LogP contribution < -0.4 is 0 Å². The lowest BCUT2D eigenvalue weighted by atomic mass is 9.92. The van der Waals surface area contributed by atoms with Crippen LogP contribution >= 0.6 is 0 Å². The molecule has 1 heterocycles. The summed E-state index contributed by atoms with van der Waals surface area (Å²) < 4.78 is 9.44. The van der Waals surface area contributed by atoms with Crippen molar-refractivity contribution in [3.05, 3.63) is 0 Å². The molecule has 0 N–H and O–H groups in total. The van der Waals surface area contributed by atoms with Crippen molar-refractivity contribution in [2.24, 2.45) is 5.92 Å². The van der Waals surface area contributed by atoms with E-state index in [9.17, 15) is 14.4 Å². The number of hydrogen-bond acceptors (Lipinski definition) is 6. The maximum Gasteiger partial charge on any atom is 0.320 e. The van der Waals surface area contributed by atoms with Crippen LogP contribution in [0.5, 0.6) is 0 Å². The standard InChI is InChI=1S/C13H21NO5/c1-3-19-13(17)9-14-7-6-11(15)10(8-14)4-5-12(16)18-2/h10H,3-9H2,1-2H3. The van der Waals surface area contributed by atoms with E-state index in [1.807, 2.05) is 4.90 Å². The molecule has 0 saturated carbocycles. The lowest BCUT2D eigenvalue weighted by Crippen LogP contribution is -2.43. The minimum Gasteiger partial charge on any atom is -0.469 e. The van der Waals surface area contributed by atoms with Crippen molar-refractivity contribution in [3.8, 4) is 0 Å². The van der Waals surface area contributed by atoms with Crippen molar-refractivity contribution in [3.63, 3.8) is 0 Å². The third-order valence-electron chi connectivity index (χ3n) is 3.19. The van der Waals surface area contributed by atoms with Gasteiger partial charge in [-0.3, -0.25) is 19.3 Å². The molecule has 0 spiro atoms. The van der Waals surface area contributed by atoms with Gasteiger partial charge < -0.3 is 9.47 Å². The Morgan fingerprint density at radius 3 is 2.74 bits per heavy atom. The SMILES string of the molecule is CCOC(=O)CN1CCC(=O)C(CCC(=O)OC)C1. The number of carbonyl (C=O) groups excluding carboxylic acids is 3. The molecule has 1 aliphatic heterocycles. The molecule has 1 aliphatic rings. The molecule has 6 heteroatoms. The first-order valence-corrected chi connectivity index (χ1v) is 6.54. The Morgan fingerprint density at radius 1 is 1.37 bits per heavy atom. The normalized spacial score (nSPS) is 20.1. The van der Waals surface area contributed by atoms with E-state index < -0.39 is 0 Å². The van der Waals surface area contributed by atoms with Crippen molar-refractivity contribution < 1.29 is 23.9 Å². The van der Waals surface area contributed by atoms with E-state index in [2.05, 4.69) is 4.74 Å². The van der Waals surface area contributed by atoms with Crippen LogP contribution in [0.15, 0.2) is 0 Å². The number of nitrogens with zero attached hydrogens (tertiary/aromatic N) is 1. The molecule has 1 unspecified atom stereocenters. The Kier molecular flexibility index (Phi) is 6.49. The first kappa shape index (κ1) is 15.6. The van der Waals surface area contributed by atoms with Crippen molar-refractivity contribution in [2.45, 2.75) is 26.2 Å². The molecular formula is C13H21NO5. The Morgan fingerprint density at radius 2 is 2.11 bits per heavy atom. The maximum atomic E-state index is 11.8. The number of methoxy groups -OCH3 is 1. The van der Waals surface area contributed by atoms with Crippen molar-refractivity contribution in [1.82, 2.24) is 4.90 Å². The van der Waals surface area contributed by atoms with E-state index in [0.29, 0.717) is 32.5 Å². The van der Waals surface area contributed by atoms with Gasteiger partial charge in [0.05, 0.1) is 20.3 Å². The molecule has 1 saturated heterocycles. The summed E-state index contributed by atoms with van der Waals surface area (Å²) in [5.41, 5.74) is 0. The highest BCUT2D eigenvalue weighted by Crippen LogP contribution is 2.18. The van der Waals surface area contributed by atoms with E-state index in [-0.39, 0.29) is 36.6 Å². The van der Waals surface area contributed by atoms with Crippen LogP contribution in [0.1, 0.15) is 26.2 Å². The summed E-state index contributed by atoms with van der Waals surface area (Å²) in [4.78, 5) is 36.1. The maximum absolute atomic E-state index is 11.8. The average Bonchev–Trinajstić information content (AvgIpc) is 2.39. The molecule has 1 rings (SSSR count). The van der Waals surface area contributed by atoms with Crippen molar-refractivity contribution >= 4 is 17.7 Å². The molecule has 0 aromatic rings. The van der Waals surface area contributed by atoms with E-state index >= 15 is 0 Å². The lowest BCUT2D eigenvalue weighted by molar-refractivity contribution is -0.146. The summed E-state index contributed by atoms with van der Waals surface area (Å²) in [7, 11) is 1.33. The van der Waals surface area contributed by atoms with Gasteiger partial charge in [-0.2, -0.15) is 0 Å². The predicted octanol–water partition coefficient (Wildman–Crippen LogP) is 0.394. The Bertz CT molecular complexity index is 342. The summed E-state index contributed by atoms with van der Waals surface area (Å²) in [5, 5.41) is 0. The van der Waals surface area contributed by atoms with E-state index in [1.165, 1.54) is 7.11 Å². The number of Topliss-reactive ketones (excluding diaryl/α,β-unsaturated/α-hetero) is 1. The summed E-state index contributed by atoms with van der Waals surface area (Å²) in [6.45, 7) is 3.41. The number of ether oxygens (including phenoxy) is 2. The van der Waals surface area contributed by atoms with Crippen LogP contribution in [0.2, 0.25) is 0 Å². The Balaban J connectivity index is 2.41. The molecule has 0 aromatic carbocycles. The molecule has 0 aliphatic carbocycles. The van der Waals surface area contributed by atoms with Crippen LogP contribution in [0.4, 0.5) is 0 Å². The highest BCUT2D eigenvalue weighted by atomic mass is 16.5. The van der Waals surface area contributed by atoms with Crippen molar-refractivity contribution in [1.29, 1.82) is 0 Å². The number of ketones is 1. The second-order valence-electron chi connectivity index (χ2n) is 4.57. The quantitative estimate of drug-likeness (QED) is 0.651. The van der Waals surface area contributed by atoms with Gasteiger partial charge in [0.15, 0.2) is 0 Å². The molecule has 1 fully saturated rings. The average molecular weight is 271 g/mol. The number of carbonyl (C=O) groups is 3. The number of rotatable bonds is 6. The zero-order chi connectivity index (χ0) is 14.3. The second kappa shape index (κ2) is 7.89. The monoisotopic (exact) mass is 271 g/mol. The second-order valence-corrected chi connectivity index (χ2v) is 4.57. The minimum absolute atomic E-state index is 0.156. The zero-order valence-corrected chi connectivity index (χ0v) is 11.5. The molecule has 6 nitrogen and oxygen atoms in total. The number of esters is 2. The fourth-order valence-electron chi connectivity index (χ4n) is 2.16. The molecule has 1 atom stereocenters. The fraction of sp³-hybridized carbons (Fsp3) is 0.769. The van der Waals surface area contributed by atoms with Gasteiger partial charge >= 0.3 is 11.9 Å². The molecule has 0 aromatic heterocycles. The number of likely N-dealkylation sites (tertiary alicyclic amines) is 1. The summed E-state index contributed by atoms with van der Waals surface area (Å²) in [5.74, 6) is -0.620. The Labute approximate surface area is 113 Å². The van der Waals surface area contributed by atoms with Gasteiger partial charge in [-0.15, -0.1) is 0 Å². The number of piperidine rings is 1. The van der Waals surface area contributed by atoms with Gasteiger partial charge in [0.1, 0.15) is 5.78 Å². The Hall–Kier alpha value is -1.43. The number of hydrogen-bond donors (Lipinski definition) is 0. The predicted molar refractivity (Wildman–Crippen MR) is 67.4 cm³/mol. The van der Waals surface area contributed by atoms with Crippen LogP contribution in [0.3, 0.4) is 0 Å². The molecule has 0 amide bonds. The van der Waals surface area contributed by atoms with Crippen LogP contribution in [0.25, 0.3) is 0 Å². The minimum atomic E-state index is -0.310. The zero-order valence-electron chi connectivity index (χ0n) is 11.5. The molecule has 19 heavy (non-hydrogen) atoms. The van der Waals surface area contributed by atoms with Gasteiger partial charge in [-0.25, -0.2) is 0 Å². The van der Waals surface area contributed by atoms with Crippen LogP contribution in [-0.4, -0.2) is 56.0 Å². The first-order chi connectivity index (χ1) is 9.06. The van der Waals surface area contributed by atoms with Crippen LogP contribution in [-0.2, 0) is 23.9 Å². The topological polar surface area (TPSA) is 72.9 Å². The summed E-state index contributed by atoms with van der Waals surface area (Å²) in [6, 6.07) is 0. The fourth-order valence-corrected chi connectivity index (χ4v) is 2.16. The first-order valence-electron chi connectivity index (χ1n) is 6.54. The van der Waals surface area contributed by atoms with E-state index in [1.54, 1.807) is 6.92 Å². The van der Waals surface area contributed by atoms with Gasteiger partial charge in [0.2, 0.25) is 0 Å². The van der Waals surface area contributed by atoms with Crippen molar-refractivity contribution in [2.75, 3.05) is 33.4 Å². The third kappa shape index (κ3) is 5.38. The smallest absolute Gasteiger partial charge is 0.320 e. The highest BCUT2D eigenvalue weighted by molar-refractivity contribution is 5.83. The summed E-state index contributed by atoms with van der Waals surface area (Å²) in [6.07, 6.45) is 1.14. The van der Waals surface area contributed by atoms with Gasteiger partial charge in [0, 0.05) is 31.8 Å². The van der Waals surface area contributed by atoms with Gasteiger partial charge in [-0.1, -0.05) is 0 Å². The molecule has 0 radical (unpaired) electrons. The largest absolute Gasteiger partial charge is 0.469 e. The molecular weight excluding hydrogens is 250 g/mol. The molecule has 0 bridgehead atoms. The molecule has 108 valence electrons. The van der Waals surface area contributed by atoms with Gasteiger partial charge in [-0.05, 0) is 13.3 Å². The van der Waals surface area contributed by atoms with E-state index in [4.69, 9.17) is 4.74 Å². The van der Waals surface area contributed by atoms with E-state index in [0.717, 1.165) is 0 Å². The van der Waals surface area contributed by atoms with Crippen LogP contribution in [0, 0.1) is 5.92 Å².